The maximum absolute atomic E-state index is 11.2. The van der Waals surface area contributed by atoms with E-state index in [9.17, 15) is 10.2 Å². The van der Waals surface area contributed by atoms with E-state index in [0.29, 0.717) is 29.2 Å². The van der Waals surface area contributed by atoms with Crippen LogP contribution in [0.1, 0.15) is 35.2 Å². The number of aromatic hydroxyl groups is 2. The van der Waals surface area contributed by atoms with Gasteiger partial charge in [-0.25, -0.2) is 0 Å². The van der Waals surface area contributed by atoms with E-state index in [1.165, 1.54) is 0 Å². The van der Waals surface area contributed by atoms with Crippen LogP contribution in [-0.2, 0) is 19.4 Å². The van der Waals surface area contributed by atoms with Crippen LogP contribution in [0.2, 0.25) is 0 Å². The molecule has 0 saturated heterocycles. The Kier molecular flexibility index (Phi) is 5.09. The fourth-order valence-corrected chi connectivity index (χ4v) is 4.75. The lowest BCUT2D eigenvalue weighted by Crippen LogP contribution is -2.31. The molecule has 2 heterocycles. The molecule has 2 N–H and O–H groups in total. The Labute approximate surface area is 172 Å². The number of likely N-dealkylation sites (N-methyl/N-ethyl adjacent to an activating group) is 2. The number of methoxy groups -OCH3 is 2. The van der Waals surface area contributed by atoms with Gasteiger partial charge < -0.3 is 24.6 Å². The maximum Gasteiger partial charge on any atom is 0.166 e. The first-order chi connectivity index (χ1) is 13.9. The normalized spacial score (nSPS) is 19.6. The van der Waals surface area contributed by atoms with Crippen LogP contribution >= 0.6 is 0 Å². The van der Waals surface area contributed by atoms with E-state index in [-0.39, 0.29) is 17.5 Å². The first kappa shape index (κ1) is 19.9. The highest BCUT2D eigenvalue weighted by Crippen LogP contribution is 2.53. The predicted molar refractivity (Wildman–Crippen MR) is 113 cm³/mol. The standard InChI is InChI=1S/C23H30N2O4/c1-13-19-15(7-9-25(13)3)11-18(29-5)23(27)21(19)20-16-12-24(2)8-6-14(16)10-17(28-4)22(20)26/h10-11,13,26-27H,6-9,12H2,1-5H3/t13-/m1/s1. The van der Waals surface area contributed by atoms with Crippen molar-refractivity contribution in [3.63, 3.8) is 0 Å². The van der Waals surface area contributed by atoms with Gasteiger partial charge in [-0.2, -0.15) is 0 Å². The summed E-state index contributed by atoms with van der Waals surface area (Å²) in [6.45, 7) is 4.73. The van der Waals surface area contributed by atoms with Gasteiger partial charge in [0.05, 0.1) is 14.2 Å². The lowest BCUT2D eigenvalue weighted by Gasteiger charge is -2.36. The van der Waals surface area contributed by atoms with Crippen LogP contribution in [0.25, 0.3) is 11.1 Å². The third kappa shape index (κ3) is 3.11. The predicted octanol–water partition coefficient (Wildman–Crippen LogP) is 3.32. The zero-order valence-corrected chi connectivity index (χ0v) is 17.9. The number of ether oxygens (including phenoxy) is 2. The Hall–Kier alpha value is -2.44. The molecule has 156 valence electrons. The largest absolute Gasteiger partial charge is 0.504 e. The SMILES string of the molecule is COc1cc2c(c(-c3c(O)c(OC)cc4c3[C@@H](C)N(C)CC4)c1O)CN(C)CC2. The molecule has 0 spiro atoms. The van der Waals surface area contributed by atoms with Crippen LogP contribution in [0.5, 0.6) is 23.0 Å². The summed E-state index contributed by atoms with van der Waals surface area (Å²) in [7, 11) is 7.30. The molecule has 0 fully saturated rings. The monoisotopic (exact) mass is 398 g/mol. The second kappa shape index (κ2) is 7.43. The van der Waals surface area contributed by atoms with E-state index in [0.717, 1.165) is 48.2 Å². The molecule has 0 aliphatic carbocycles. The number of fused-ring (bicyclic) bond motifs is 2. The third-order valence-electron chi connectivity index (χ3n) is 6.55. The Bertz CT molecular complexity index is 957. The van der Waals surface area contributed by atoms with Gasteiger partial charge in [-0.15, -0.1) is 0 Å². The highest BCUT2D eigenvalue weighted by Gasteiger charge is 2.33. The van der Waals surface area contributed by atoms with Gasteiger partial charge in [0.1, 0.15) is 0 Å². The van der Waals surface area contributed by atoms with Crippen LogP contribution < -0.4 is 9.47 Å². The number of phenolic OH excluding ortho intramolecular Hbond substituents is 2. The second-order valence-corrected chi connectivity index (χ2v) is 8.21. The van der Waals surface area contributed by atoms with Crippen molar-refractivity contribution in [3.05, 3.63) is 34.4 Å². The fraction of sp³-hybridized carbons (Fsp3) is 0.478. The molecule has 2 aromatic carbocycles. The fourth-order valence-electron chi connectivity index (χ4n) is 4.75. The zero-order valence-electron chi connectivity index (χ0n) is 17.9. The molecule has 0 amide bonds. The summed E-state index contributed by atoms with van der Waals surface area (Å²) in [5.41, 5.74) is 5.74. The van der Waals surface area contributed by atoms with Crippen molar-refractivity contribution < 1.29 is 19.7 Å². The molecule has 0 radical (unpaired) electrons. The van der Waals surface area contributed by atoms with E-state index < -0.39 is 0 Å². The van der Waals surface area contributed by atoms with Crippen molar-refractivity contribution in [2.75, 3.05) is 41.4 Å². The van der Waals surface area contributed by atoms with Crippen LogP contribution in [0, 0.1) is 0 Å². The number of benzene rings is 2. The molecular formula is C23H30N2O4. The number of nitrogens with zero attached hydrogens (tertiary/aromatic N) is 2. The van der Waals surface area contributed by atoms with E-state index >= 15 is 0 Å². The average molecular weight is 399 g/mol. The van der Waals surface area contributed by atoms with Gasteiger partial charge >= 0.3 is 0 Å². The molecule has 0 saturated carbocycles. The molecule has 1 atom stereocenters. The minimum atomic E-state index is 0.0763. The summed E-state index contributed by atoms with van der Waals surface area (Å²) >= 11 is 0. The van der Waals surface area contributed by atoms with Gasteiger partial charge in [-0.1, -0.05) is 0 Å². The summed E-state index contributed by atoms with van der Waals surface area (Å²) < 4.78 is 11.0. The van der Waals surface area contributed by atoms with Gasteiger partial charge in [-0.05, 0) is 68.2 Å². The summed E-state index contributed by atoms with van der Waals surface area (Å²) in [4.78, 5) is 4.50. The lowest BCUT2D eigenvalue weighted by atomic mass is 9.82. The van der Waals surface area contributed by atoms with Crippen molar-refractivity contribution in [2.45, 2.75) is 32.4 Å². The van der Waals surface area contributed by atoms with Crippen molar-refractivity contribution in [1.82, 2.24) is 9.80 Å². The molecule has 2 aromatic rings. The zero-order chi connectivity index (χ0) is 20.9. The van der Waals surface area contributed by atoms with Gasteiger partial charge in [0.25, 0.3) is 0 Å². The summed E-state index contributed by atoms with van der Waals surface area (Å²) in [5, 5.41) is 22.5. The number of rotatable bonds is 3. The van der Waals surface area contributed by atoms with Gasteiger partial charge in [0.15, 0.2) is 23.0 Å². The first-order valence-electron chi connectivity index (χ1n) is 10.1. The second-order valence-electron chi connectivity index (χ2n) is 8.21. The minimum Gasteiger partial charge on any atom is -0.504 e. The number of hydrogen-bond donors (Lipinski definition) is 2. The van der Waals surface area contributed by atoms with Crippen LogP contribution in [0.15, 0.2) is 12.1 Å². The highest BCUT2D eigenvalue weighted by molar-refractivity contribution is 5.87. The summed E-state index contributed by atoms with van der Waals surface area (Å²) in [6, 6.07) is 3.97. The minimum absolute atomic E-state index is 0.0763. The van der Waals surface area contributed by atoms with Crippen molar-refractivity contribution in [3.8, 4) is 34.1 Å². The molecule has 29 heavy (non-hydrogen) atoms. The number of hydrogen-bond acceptors (Lipinski definition) is 6. The van der Waals surface area contributed by atoms with E-state index in [2.05, 4.69) is 30.8 Å². The van der Waals surface area contributed by atoms with E-state index in [1.807, 2.05) is 12.1 Å². The average Bonchev–Trinajstić information content (AvgIpc) is 2.71. The quantitative estimate of drug-likeness (QED) is 0.827. The van der Waals surface area contributed by atoms with Crippen molar-refractivity contribution >= 4 is 0 Å². The van der Waals surface area contributed by atoms with E-state index in [1.54, 1.807) is 14.2 Å². The molecule has 2 aliphatic rings. The molecule has 0 unspecified atom stereocenters. The Morgan fingerprint density at radius 3 is 2.14 bits per heavy atom. The Balaban J connectivity index is 2.10. The smallest absolute Gasteiger partial charge is 0.166 e. The number of phenols is 2. The summed E-state index contributed by atoms with van der Waals surface area (Å²) in [5.74, 6) is 1.03. The maximum atomic E-state index is 11.2. The highest BCUT2D eigenvalue weighted by atomic mass is 16.5. The molecule has 0 bridgehead atoms. The molecule has 6 nitrogen and oxygen atoms in total. The summed E-state index contributed by atoms with van der Waals surface area (Å²) in [6.07, 6.45) is 1.74. The Morgan fingerprint density at radius 1 is 0.897 bits per heavy atom. The first-order valence-corrected chi connectivity index (χ1v) is 10.1. The van der Waals surface area contributed by atoms with Gasteiger partial charge in [-0.3, -0.25) is 4.90 Å². The van der Waals surface area contributed by atoms with Crippen LogP contribution in [0.3, 0.4) is 0 Å². The lowest BCUT2D eigenvalue weighted by molar-refractivity contribution is 0.246. The molecule has 4 rings (SSSR count). The Morgan fingerprint density at radius 2 is 1.48 bits per heavy atom. The van der Waals surface area contributed by atoms with Crippen LogP contribution in [-0.4, -0.2) is 61.4 Å². The molecule has 0 aromatic heterocycles. The van der Waals surface area contributed by atoms with Crippen molar-refractivity contribution in [1.29, 1.82) is 0 Å². The molecule has 6 heteroatoms. The van der Waals surface area contributed by atoms with Gasteiger partial charge in [0.2, 0.25) is 0 Å². The third-order valence-corrected chi connectivity index (χ3v) is 6.55. The van der Waals surface area contributed by atoms with Gasteiger partial charge in [0, 0.05) is 36.8 Å². The topological polar surface area (TPSA) is 65.4 Å². The van der Waals surface area contributed by atoms with E-state index in [4.69, 9.17) is 9.47 Å². The van der Waals surface area contributed by atoms with Crippen LogP contribution in [0.4, 0.5) is 0 Å². The molecular weight excluding hydrogens is 368 g/mol. The van der Waals surface area contributed by atoms with Crippen molar-refractivity contribution in [2.24, 2.45) is 0 Å². The molecule has 2 aliphatic heterocycles.